The summed E-state index contributed by atoms with van der Waals surface area (Å²) in [6.07, 6.45) is 1.53. The first-order valence-electron chi connectivity index (χ1n) is 10.4. The van der Waals surface area contributed by atoms with Gasteiger partial charge in [0.1, 0.15) is 0 Å². The molecule has 0 saturated carbocycles. The van der Waals surface area contributed by atoms with E-state index in [1.165, 1.54) is 0 Å². The van der Waals surface area contributed by atoms with Crippen LogP contribution >= 0.6 is 0 Å². The van der Waals surface area contributed by atoms with Crippen LogP contribution in [0.3, 0.4) is 0 Å². The van der Waals surface area contributed by atoms with Crippen LogP contribution in [0, 0.1) is 0 Å². The highest BCUT2D eigenvalue weighted by Gasteiger charge is 2.21. The van der Waals surface area contributed by atoms with Crippen molar-refractivity contribution >= 4 is 5.97 Å². The number of benzene rings is 2. The van der Waals surface area contributed by atoms with E-state index in [1.807, 2.05) is 48.5 Å². The van der Waals surface area contributed by atoms with Gasteiger partial charge in [-0.3, -0.25) is 4.68 Å². The van der Waals surface area contributed by atoms with Gasteiger partial charge < -0.3 is 18.9 Å². The van der Waals surface area contributed by atoms with Gasteiger partial charge in [0.2, 0.25) is 0 Å². The fourth-order valence-corrected chi connectivity index (χ4v) is 3.54. The molecule has 4 rings (SSSR count). The lowest BCUT2D eigenvalue weighted by molar-refractivity contribution is -0.0402. The normalized spacial score (nSPS) is 15.6. The SMILES string of the molecule is CCOC(=O)c1cc(-c2ccc(OC)c(OC3CCCO3)c2)n(Cc2ccccc2)n1. The molecule has 1 saturated heterocycles. The zero-order valence-corrected chi connectivity index (χ0v) is 17.7. The molecule has 0 radical (unpaired) electrons. The van der Waals surface area contributed by atoms with Crippen molar-refractivity contribution in [2.24, 2.45) is 0 Å². The van der Waals surface area contributed by atoms with Gasteiger partial charge in [-0.2, -0.15) is 5.10 Å². The smallest absolute Gasteiger partial charge is 0.358 e. The standard InChI is InChI=1S/C24H26N2O5/c1-3-29-24(27)19-15-20(26(25-19)16-17-8-5-4-6-9-17)18-11-12-21(28-2)22(14-18)31-23-10-7-13-30-23/h4-6,8-9,11-12,14-15,23H,3,7,10,13,16H2,1-2H3. The van der Waals surface area contributed by atoms with Crippen LogP contribution in [-0.4, -0.2) is 42.4 Å². The largest absolute Gasteiger partial charge is 0.493 e. The maximum absolute atomic E-state index is 12.3. The summed E-state index contributed by atoms with van der Waals surface area (Å²) < 4.78 is 24.1. The summed E-state index contributed by atoms with van der Waals surface area (Å²) in [6.45, 7) is 3.28. The number of carbonyl (C=O) groups excluding carboxylic acids is 1. The molecule has 0 amide bonds. The Morgan fingerprint density at radius 2 is 2.00 bits per heavy atom. The van der Waals surface area contributed by atoms with Gasteiger partial charge in [0.15, 0.2) is 23.5 Å². The molecule has 2 heterocycles. The Morgan fingerprint density at radius 1 is 1.16 bits per heavy atom. The summed E-state index contributed by atoms with van der Waals surface area (Å²) in [5.74, 6) is 0.774. The molecule has 31 heavy (non-hydrogen) atoms. The van der Waals surface area contributed by atoms with Gasteiger partial charge >= 0.3 is 5.97 Å². The second-order valence-corrected chi connectivity index (χ2v) is 7.20. The van der Waals surface area contributed by atoms with Crippen LogP contribution in [0.5, 0.6) is 11.5 Å². The number of methoxy groups -OCH3 is 1. The molecule has 7 nitrogen and oxygen atoms in total. The summed E-state index contributed by atoms with van der Waals surface area (Å²) >= 11 is 0. The minimum absolute atomic E-state index is 0.269. The average Bonchev–Trinajstić information content (AvgIpc) is 3.45. The quantitative estimate of drug-likeness (QED) is 0.504. The molecule has 1 unspecified atom stereocenters. The molecule has 0 spiro atoms. The number of carbonyl (C=O) groups is 1. The molecule has 0 bridgehead atoms. The van der Waals surface area contributed by atoms with E-state index >= 15 is 0 Å². The highest BCUT2D eigenvalue weighted by atomic mass is 16.7. The van der Waals surface area contributed by atoms with Crippen LogP contribution in [0.4, 0.5) is 0 Å². The molecule has 2 aromatic carbocycles. The number of rotatable bonds is 8. The van der Waals surface area contributed by atoms with Gasteiger partial charge in [-0.25, -0.2) is 4.79 Å². The molecule has 1 aromatic heterocycles. The summed E-state index contributed by atoms with van der Waals surface area (Å²) in [5, 5.41) is 4.52. The van der Waals surface area contributed by atoms with Gasteiger partial charge in [0.25, 0.3) is 0 Å². The van der Waals surface area contributed by atoms with Crippen LogP contribution in [0.1, 0.15) is 35.8 Å². The average molecular weight is 422 g/mol. The number of hydrogen-bond donors (Lipinski definition) is 0. The van der Waals surface area contributed by atoms with Gasteiger partial charge in [0, 0.05) is 12.0 Å². The predicted molar refractivity (Wildman–Crippen MR) is 115 cm³/mol. The zero-order chi connectivity index (χ0) is 21.6. The second kappa shape index (κ2) is 9.66. The van der Waals surface area contributed by atoms with E-state index in [4.69, 9.17) is 18.9 Å². The van der Waals surface area contributed by atoms with Crippen LogP contribution in [0.15, 0.2) is 54.6 Å². The molecule has 1 aliphatic rings. The van der Waals surface area contributed by atoms with E-state index in [0.717, 1.165) is 29.7 Å². The molecule has 7 heteroatoms. The molecule has 1 atom stereocenters. The number of aromatic nitrogens is 2. The number of ether oxygens (including phenoxy) is 4. The third kappa shape index (κ3) is 4.88. The fraction of sp³-hybridized carbons (Fsp3) is 0.333. The van der Waals surface area contributed by atoms with Crippen molar-refractivity contribution in [2.75, 3.05) is 20.3 Å². The van der Waals surface area contributed by atoms with Crippen molar-refractivity contribution in [1.29, 1.82) is 0 Å². The highest BCUT2D eigenvalue weighted by molar-refractivity contribution is 5.88. The van der Waals surface area contributed by atoms with Gasteiger partial charge in [-0.15, -0.1) is 0 Å². The third-order valence-electron chi connectivity index (χ3n) is 5.05. The summed E-state index contributed by atoms with van der Waals surface area (Å²) in [5.41, 5.74) is 2.98. The first-order chi connectivity index (χ1) is 15.2. The molecule has 0 aliphatic carbocycles. The zero-order valence-electron chi connectivity index (χ0n) is 17.7. The number of esters is 1. The van der Waals surface area contributed by atoms with Gasteiger partial charge in [-0.05, 0) is 43.2 Å². The lowest BCUT2D eigenvalue weighted by Gasteiger charge is -2.17. The predicted octanol–water partition coefficient (Wildman–Crippen LogP) is 4.30. The topological polar surface area (TPSA) is 71.8 Å². The van der Waals surface area contributed by atoms with Crippen LogP contribution in [0.2, 0.25) is 0 Å². The lowest BCUT2D eigenvalue weighted by atomic mass is 10.1. The molecule has 1 fully saturated rings. The van der Waals surface area contributed by atoms with Crippen molar-refractivity contribution in [3.63, 3.8) is 0 Å². The van der Waals surface area contributed by atoms with E-state index in [9.17, 15) is 4.79 Å². The monoisotopic (exact) mass is 422 g/mol. The molecular formula is C24H26N2O5. The van der Waals surface area contributed by atoms with Gasteiger partial charge in [-0.1, -0.05) is 30.3 Å². The molecule has 162 valence electrons. The summed E-state index contributed by atoms with van der Waals surface area (Å²) in [4.78, 5) is 12.3. The van der Waals surface area contributed by atoms with Gasteiger partial charge in [0.05, 0.1) is 32.6 Å². The van der Waals surface area contributed by atoms with E-state index in [1.54, 1.807) is 24.8 Å². The number of hydrogen-bond acceptors (Lipinski definition) is 6. The first kappa shape index (κ1) is 20.9. The fourth-order valence-electron chi connectivity index (χ4n) is 3.54. The molecular weight excluding hydrogens is 396 g/mol. The first-order valence-corrected chi connectivity index (χ1v) is 10.4. The van der Waals surface area contributed by atoms with Crippen molar-refractivity contribution < 1.29 is 23.7 Å². The Labute approximate surface area is 181 Å². The molecule has 1 aliphatic heterocycles. The van der Waals surface area contributed by atoms with Crippen LogP contribution < -0.4 is 9.47 Å². The van der Waals surface area contributed by atoms with E-state index in [0.29, 0.717) is 31.3 Å². The maximum atomic E-state index is 12.3. The van der Waals surface area contributed by atoms with E-state index in [2.05, 4.69) is 5.10 Å². The third-order valence-corrected chi connectivity index (χ3v) is 5.05. The minimum Gasteiger partial charge on any atom is -0.493 e. The Bertz CT molecular complexity index is 1030. The maximum Gasteiger partial charge on any atom is 0.358 e. The van der Waals surface area contributed by atoms with Crippen molar-refractivity contribution in [3.05, 3.63) is 65.9 Å². The second-order valence-electron chi connectivity index (χ2n) is 7.20. The Kier molecular flexibility index (Phi) is 6.52. The highest BCUT2D eigenvalue weighted by Crippen LogP contribution is 2.35. The Balaban J connectivity index is 1.71. The number of nitrogens with zero attached hydrogens (tertiary/aromatic N) is 2. The molecule has 3 aromatic rings. The molecule has 0 N–H and O–H groups in total. The lowest BCUT2D eigenvalue weighted by Crippen LogP contribution is -2.14. The Hall–Kier alpha value is -3.32. The van der Waals surface area contributed by atoms with Crippen molar-refractivity contribution in [2.45, 2.75) is 32.6 Å². The summed E-state index contributed by atoms with van der Waals surface area (Å²) in [6, 6.07) is 17.4. The van der Waals surface area contributed by atoms with E-state index in [-0.39, 0.29) is 12.0 Å². The van der Waals surface area contributed by atoms with E-state index < -0.39 is 5.97 Å². The van der Waals surface area contributed by atoms with Crippen LogP contribution in [-0.2, 0) is 16.0 Å². The van der Waals surface area contributed by atoms with Crippen LogP contribution in [0.25, 0.3) is 11.3 Å². The van der Waals surface area contributed by atoms with Crippen molar-refractivity contribution in [3.8, 4) is 22.8 Å². The summed E-state index contributed by atoms with van der Waals surface area (Å²) in [7, 11) is 1.61. The minimum atomic E-state index is -0.445. The Morgan fingerprint density at radius 3 is 2.71 bits per heavy atom. The van der Waals surface area contributed by atoms with Crippen molar-refractivity contribution in [1.82, 2.24) is 9.78 Å².